The molecule has 0 atom stereocenters. The molecule has 0 bridgehead atoms. The number of anilines is 2. The average Bonchev–Trinajstić information content (AvgIpc) is 2.88. The second-order valence-corrected chi connectivity index (χ2v) is 5.48. The van der Waals surface area contributed by atoms with Crippen molar-refractivity contribution in [1.82, 2.24) is 9.88 Å². The molecule has 0 fully saturated rings. The molecular formula is C13H24N4O3S. The third-order valence-corrected chi connectivity index (χ3v) is 4.23. The highest BCUT2D eigenvalue weighted by Crippen LogP contribution is 2.28. The van der Waals surface area contributed by atoms with Gasteiger partial charge in [0.25, 0.3) is 5.91 Å². The summed E-state index contributed by atoms with van der Waals surface area (Å²) in [6.45, 7) is 4.75. The summed E-state index contributed by atoms with van der Waals surface area (Å²) in [5.41, 5.74) is 5.89. The molecule has 2 N–H and O–H groups in total. The lowest BCUT2D eigenvalue weighted by molar-refractivity contribution is 0.0632. The third kappa shape index (κ3) is 4.83. The van der Waals surface area contributed by atoms with Crippen molar-refractivity contribution in [1.29, 1.82) is 0 Å². The van der Waals surface area contributed by atoms with Crippen molar-refractivity contribution in [3.63, 3.8) is 0 Å². The van der Waals surface area contributed by atoms with E-state index < -0.39 is 0 Å². The molecule has 0 radical (unpaired) electrons. The van der Waals surface area contributed by atoms with E-state index in [9.17, 15) is 4.79 Å². The van der Waals surface area contributed by atoms with E-state index in [1.165, 1.54) is 11.3 Å². The number of hydrogen-bond acceptors (Lipinski definition) is 7. The first-order valence-electron chi connectivity index (χ1n) is 6.79. The van der Waals surface area contributed by atoms with Gasteiger partial charge in [0, 0.05) is 40.9 Å². The lowest BCUT2D eigenvalue weighted by Crippen LogP contribution is -2.36. The molecule has 1 aromatic heterocycles. The van der Waals surface area contributed by atoms with Gasteiger partial charge in [-0.25, -0.2) is 4.98 Å². The van der Waals surface area contributed by atoms with E-state index in [4.69, 9.17) is 15.2 Å². The van der Waals surface area contributed by atoms with Crippen molar-refractivity contribution in [2.45, 2.75) is 6.92 Å². The number of ether oxygens (including phenoxy) is 2. The molecule has 1 heterocycles. The number of amides is 1. The predicted molar refractivity (Wildman–Crippen MR) is 85.1 cm³/mol. The summed E-state index contributed by atoms with van der Waals surface area (Å²) < 4.78 is 10.1. The first kappa shape index (κ1) is 17.7. The van der Waals surface area contributed by atoms with Gasteiger partial charge < -0.3 is 25.0 Å². The highest BCUT2D eigenvalue weighted by atomic mass is 32.1. The first-order chi connectivity index (χ1) is 10.0. The SMILES string of the molecule is CCN(C)c1nc(N)c(C(=O)N(CCOC)CCOC)s1. The van der Waals surface area contributed by atoms with E-state index in [1.54, 1.807) is 19.1 Å². The number of nitrogens with two attached hydrogens (primary N) is 1. The van der Waals surface area contributed by atoms with Crippen molar-refractivity contribution in [3.8, 4) is 0 Å². The molecule has 0 unspecified atom stereocenters. The quantitative estimate of drug-likeness (QED) is 0.729. The lowest BCUT2D eigenvalue weighted by Gasteiger charge is -2.21. The number of methoxy groups -OCH3 is 2. The van der Waals surface area contributed by atoms with E-state index in [1.807, 2.05) is 18.9 Å². The van der Waals surface area contributed by atoms with Crippen LogP contribution < -0.4 is 10.6 Å². The summed E-state index contributed by atoms with van der Waals surface area (Å²) in [7, 11) is 5.13. The monoisotopic (exact) mass is 316 g/mol. The zero-order valence-electron chi connectivity index (χ0n) is 13.1. The number of aromatic nitrogens is 1. The molecule has 0 spiro atoms. The van der Waals surface area contributed by atoms with Crippen molar-refractivity contribution in [2.24, 2.45) is 0 Å². The largest absolute Gasteiger partial charge is 0.383 e. The van der Waals surface area contributed by atoms with Gasteiger partial charge in [-0.15, -0.1) is 0 Å². The van der Waals surface area contributed by atoms with Crippen molar-refractivity contribution < 1.29 is 14.3 Å². The van der Waals surface area contributed by atoms with E-state index in [-0.39, 0.29) is 11.7 Å². The Morgan fingerprint density at radius 2 is 1.86 bits per heavy atom. The Bertz CT molecular complexity index is 445. The maximum atomic E-state index is 12.6. The highest BCUT2D eigenvalue weighted by molar-refractivity contribution is 7.18. The van der Waals surface area contributed by atoms with Gasteiger partial charge in [-0.1, -0.05) is 11.3 Å². The molecule has 21 heavy (non-hydrogen) atoms. The molecule has 0 aromatic carbocycles. The topological polar surface area (TPSA) is 80.9 Å². The Balaban J connectivity index is 2.88. The molecule has 0 aliphatic rings. The fraction of sp³-hybridized carbons (Fsp3) is 0.692. The second kappa shape index (κ2) is 8.81. The van der Waals surface area contributed by atoms with Crippen LogP contribution in [0.4, 0.5) is 10.9 Å². The van der Waals surface area contributed by atoms with Crippen molar-refractivity contribution >= 4 is 28.2 Å². The Kier molecular flexibility index (Phi) is 7.41. The normalized spacial score (nSPS) is 10.7. The number of carbonyl (C=O) groups is 1. The molecule has 1 rings (SSSR count). The summed E-state index contributed by atoms with van der Waals surface area (Å²) in [6.07, 6.45) is 0. The van der Waals surface area contributed by atoms with Crippen LogP contribution in [0.2, 0.25) is 0 Å². The van der Waals surface area contributed by atoms with Crippen LogP contribution in [-0.2, 0) is 9.47 Å². The standard InChI is InChI=1S/C13H24N4O3S/c1-5-16(2)13-15-11(14)10(21-13)12(18)17(6-8-19-3)7-9-20-4/h5-9,14H2,1-4H3. The van der Waals surface area contributed by atoms with Crippen LogP contribution >= 0.6 is 11.3 Å². The lowest BCUT2D eigenvalue weighted by atomic mass is 10.4. The second-order valence-electron chi connectivity index (χ2n) is 4.50. The van der Waals surface area contributed by atoms with E-state index >= 15 is 0 Å². The van der Waals surface area contributed by atoms with Gasteiger partial charge in [0.15, 0.2) is 5.13 Å². The number of carbonyl (C=O) groups excluding carboxylic acids is 1. The van der Waals surface area contributed by atoms with Gasteiger partial charge in [-0.3, -0.25) is 4.79 Å². The Hall–Kier alpha value is -1.38. The van der Waals surface area contributed by atoms with Crippen molar-refractivity contribution in [2.75, 3.05) is 64.7 Å². The first-order valence-corrected chi connectivity index (χ1v) is 7.61. The van der Waals surface area contributed by atoms with Crippen LogP contribution in [-0.4, -0.2) is 69.9 Å². The summed E-state index contributed by atoms with van der Waals surface area (Å²) >= 11 is 1.31. The fourth-order valence-corrected chi connectivity index (χ4v) is 2.61. The van der Waals surface area contributed by atoms with E-state index in [0.29, 0.717) is 31.2 Å². The summed E-state index contributed by atoms with van der Waals surface area (Å²) in [4.78, 5) is 20.9. The van der Waals surface area contributed by atoms with E-state index in [2.05, 4.69) is 4.98 Å². The molecule has 7 nitrogen and oxygen atoms in total. The maximum absolute atomic E-state index is 12.6. The van der Waals surface area contributed by atoms with Gasteiger partial charge in [0.2, 0.25) is 0 Å². The molecule has 0 aliphatic carbocycles. The predicted octanol–water partition coefficient (Wildman–Crippen LogP) is 0.916. The molecule has 8 heteroatoms. The minimum Gasteiger partial charge on any atom is -0.383 e. The Morgan fingerprint density at radius 3 is 2.33 bits per heavy atom. The van der Waals surface area contributed by atoms with Crippen LogP contribution in [0.3, 0.4) is 0 Å². The van der Waals surface area contributed by atoms with E-state index in [0.717, 1.165) is 11.7 Å². The molecule has 0 saturated heterocycles. The van der Waals surface area contributed by atoms with Crippen LogP contribution in [0.5, 0.6) is 0 Å². The van der Waals surface area contributed by atoms with Gasteiger partial charge in [-0.2, -0.15) is 0 Å². The van der Waals surface area contributed by atoms with Crippen LogP contribution in [0.25, 0.3) is 0 Å². The minimum absolute atomic E-state index is 0.130. The smallest absolute Gasteiger partial charge is 0.268 e. The molecule has 0 aliphatic heterocycles. The number of rotatable bonds is 9. The Morgan fingerprint density at radius 1 is 1.29 bits per heavy atom. The third-order valence-electron chi connectivity index (χ3n) is 3.06. The van der Waals surface area contributed by atoms with Gasteiger partial charge in [0.1, 0.15) is 10.7 Å². The molecular weight excluding hydrogens is 292 g/mol. The molecule has 1 amide bonds. The highest BCUT2D eigenvalue weighted by Gasteiger charge is 2.22. The summed E-state index contributed by atoms with van der Waals surface area (Å²) in [6, 6.07) is 0. The van der Waals surface area contributed by atoms with Gasteiger partial charge in [0.05, 0.1) is 13.2 Å². The Labute approximate surface area is 129 Å². The molecule has 120 valence electrons. The summed E-state index contributed by atoms with van der Waals surface area (Å²) in [5, 5.41) is 0.747. The zero-order chi connectivity index (χ0) is 15.8. The number of nitrogens with zero attached hydrogens (tertiary/aromatic N) is 3. The number of thiazole rings is 1. The fourth-order valence-electron chi connectivity index (χ4n) is 1.63. The number of nitrogen functional groups attached to an aromatic ring is 1. The maximum Gasteiger partial charge on any atom is 0.268 e. The average molecular weight is 316 g/mol. The molecule has 0 saturated carbocycles. The minimum atomic E-state index is -0.130. The van der Waals surface area contributed by atoms with Crippen LogP contribution in [0, 0.1) is 0 Å². The molecule has 1 aromatic rings. The van der Waals surface area contributed by atoms with Crippen LogP contribution in [0.1, 0.15) is 16.6 Å². The van der Waals surface area contributed by atoms with Crippen molar-refractivity contribution in [3.05, 3.63) is 4.88 Å². The van der Waals surface area contributed by atoms with Gasteiger partial charge in [-0.05, 0) is 6.92 Å². The zero-order valence-corrected chi connectivity index (χ0v) is 13.9. The van der Waals surface area contributed by atoms with Gasteiger partial charge >= 0.3 is 0 Å². The number of hydrogen-bond donors (Lipinski definition) is 1. The summed E-state index contributed by atoms with van der Waals surface area (Å²) in [5.74, 6) is 0.148. The van der Waals surface area contributed by atoms with Crippen LogP contribution in [0.15, 0.2) is 0 Å².